The molecule has 4 atom stereocenters. The molecule has 4 aliphatic heterocycles. The molecule has 8 rings (SSSR count). The fourth-order valence-electron chi connectivity index (χ4n) is 8.04. The lowest BCUT2D eigenvalue weighted by molar-refractivity contribution is 0.607. The van der Waals surface area contributed by atoms with Gasteiger partial charge in [-0.1, -0.05) is 23.2 Å². The lowest BCUT2D eigenvalue weighted by Gasteiger charge is -2.47. The van der Waals surface area contributed by atoms with E-state index in [0.717, 1.165) is 8.73 Å². The smallest absolute Gasteiger partial charge is 0.0747 e. The van der Waals surface area contributed by atoms with Gasteiger partial charge in [-0.3, -0.25) is 0 Å². The number of rotatable bonds is 1. The highest BCUT2D eigenvalue weighted by Crippen LogP contribution is 2.73. The van der Waals surface area contributed by atoms with E-state index in [-0.39, 0.29) is 19.0 Å². The standard InChI is InChI=1S/C30H28Cl2S4/c1-27-19(15-7-5-9-17(15)21-13-25(31)35-29(21,27)3)11-23(33-27)24-12-20-16-8-6-10-18(16)22-14-26(32)36-30(22,4)28(20,2)34-24/h11-14H,5-10H2,1-4H3/t27-,28-,29-,30-/m1/s1. The number of allylic oxidation sites excluding steroid dienone is 8. The van der Waals surface area contributed by atoms with Crippen LogP contribution in [0.5, 0.6) is 0 Å². The molecule has 0 aromatic carbocycles. The molecule has 0 spiro atoms. The Hall–Kier alpha value is -0.100. The van der Waals surface area contributed by atoms with Crippen molar-refractivity contribution < 1.29 is 0 Å². The summed E-state index contributed by atoms with van der Waals surface area (Å²) in [4.78, 5) is 2.91. The van der Waals surface area contributed by atoms with Gasteiger partial charge < -0.3 is 0 Å². The van der Waals surface area contributed by atoms with Crippen LogP contribution >= 0.6 is 70.2 Å². The number of thioether (sulfide) groups is 4. The van der Waals surface area contributed by atoms with E-state index in [0.29, 0.717) is 0 Å². The zero-order chi connectivity index (χ0) is 24.8. The van der Waals surface area contributed by atoms with E-state index >= 15 is 0 Å². The van der Waals surface area contributed by atoms with Crippen LogP contribution < -0.4 is 0 Å². The third-order valence-corrected chi connectivity index (χ3v) is 17.1. The van der Waals surface area contributed by atoms with Gasteiger partial charge in [-0.15, -0.1) is 47.0 Å². The molecule has 0 N–H and O–H groups in total. The molecule has 0 aromatic rings. The van der Waals surface area contributed by atoms with Crippen LogP contribution in [0.2, 0.25) is 0 Å². The molecule has 4 aliphatic carbocycles. The fourth-order valence-corrected chi connectivity index (χ4v) is 15.0. The Balaban J connectivity index is 1.27. The summed E-state index contributed by atoms with van der Waals surface area (Å²) in [5, 5.41) is 0. The Labute approximate surface area is 241 Å². The molecule has 4 heterocycles. The summed E-state index contributed by atoms with van der Waals surface area (Å²) in [5.41, 5.74) is 12.5. The average Bonchev–Trinajstić information content (AvgIpc) is 3.61. The zero-order valence-electron chi connectivity index (χ0n) is 20.9. The molecule has 0 radical (unpaired) electrons. The van der Waals surface area contributed by atoms with Gasteiger partial charge in [0.15, 0.2) is 0 Å². The maximum Gasteiger partial charge on any atom is 0.0747 e. The van der Waals surface area contributed by atoms with Crippen LogP contribution in [0.4, 0.5) is 0 Å². The van der Waals surface area contributed by atoms with E-state index in [1.165, 1.54) is 59.5 Å². The van der Waals surface area contributed by atoms with Crippen LogP contribution in [0.15, 0.2) is 87.4 Å². The molecule has 2 fully saturated rings. The Morgan fingerprint density at radius 3 is 1.17 bits per heavy atom. The topological polar surface area (TPSA) is 0 Å². The Kier molecular flexibility index (Phi) is 4.85. The minimum Gasteiger partial charge on any atom is -0.112 e. The van der Waals surface area contributed by atoms with Gasteiger partial charge in [0, 0.05) is 9.81 Å². The molecule has 0 aromatic heterocycles. The van der Waals surface area contributed by atoms with Crippen molar-refractivity contribution in [3.05, 3.63) is 87.4 Å². The van der Waals surface area contributed by atoms with Crippen molar-refractivity contribution in [2.24, 2.45) is 0 Å². The maximum atomic E-state index is 6.72. The summed E-state index contributed by atoms with van der Waals surface area (Å²) in [5.74, 6) is 0. The predicted octanol–water partition coefficient (Wildman–Crippen LogP) is 10.5. The van der Waals surface area contributed by atoms with Crippen molar-refractivity contribution >= 4 is 70.2 Å². The zero-order valence-corrected chi connectivity index (χ0v) is 25.7. The molecule has 6 heteroatoms. The summed E-state index contributed by atoms with van der Waals surface area (Å²) >= 11 is 21.4. The summed E-state index contributed by atoms with van der Waals surface area (Å²) in [7, 11) is 0. The van der Waals surface area contributed by atoms with Crippen LogP contribution in [-0.2, 0) is 0 Å². The molecule has 0 bridgehead atoms. The van der Waals surface area contributed by atoms with E-state index in [9.17, 15) is 0 Å². The molecule has 186 valence electrons. The van der Waals surface area contributed by atoms with E-state index in [1.54, 1.807) is 33.4 Å². The molecule has 2 saturated carbocycles. The van der Waals surface area contributed by atoms with Crippen LogP contribution in [0.25, 0.3) is 0 Å². The molecule has 0 saturated heterocycles. The molecular weight excluding hydrogens is 560 g/mol. The van der Waals surface area contributed by atoms with Crippen molar-refractivity contribution in [2.75, 3.05) is 0 Å². The first-order chi connectivity index (χ1) is 17.1. The van der Waals surface area contributed by atoms with Gasteiger partial charge in [-0.25, -0.2) is 0 Å². The van der Waals surface area contributed by atoms with E-state index in [1.807, 2.05) is 23.5 Å². The number of halogens is 2. The van der Waals surface area contributed by atoms with Crippen molar-refractivity contribution in [1.29, 1.82) is 0 Å². The summed E-state index contributed by atoms with van der Waals surface area (Å²) in [6, 6.07) is 0. The highest BCUT2D eigenvalue weighted by Gasteiger charge is 2.62. The summed E-state index contributed by atoms with van der Waals surface area (Å²) in [6.45, 7) is 9.85. The van der Waals surface area contributed by atoms with Crippen LogP contribution in [0.3, 0.4) is 0 Å². The predicted molar refractivity (Wildman–Crippen MR) is 164 cm³/mol. The maximum absolute atomic E-state index is 6.72. The van der Waals surface area contributed by atoms with Crippen molar-refractivity contribution in [3.8, 4) is 0 Å². The highest BCUT2D eigenvalue weighted by atomic mass is 35.5. The molecular formula is C30H28Cl2S4. The second kappa shape index (κ2) is 7.34. The normalized spacial score (nSPS) is 42.3. The molecule has 0 amide bonds. The average molecular weight is 588 g/mol. The van der Waals surface area contributed by atoms with Gasteiger partial charge in [-0.2, -0.15) is 0 Å². The van der Waals surface area contributed by atoms with Gasteiger partial charge in [0.05, 0.1) is 27.7 Å². The summed E-state index contributed by atoms with van der Waals surface area (Å²) < 4.78 is 1.84. The van der Waals surface area contributed by atoms with E-state index in [2.05, 4.69) is 75.5 Å². The first-order valence-corrected chi connectivity index (χ1v) is 17.0. The highest BCUT2D eigenvalue weighted by molar-refractivity contribution is 8.13. The SMILES string of the molecule is C[C@@]12SC(Cl)=CC1=C1CCCC1=C1C=C(C3=CC4=C5CCCC5=C5C=C(Cl)S[C@@]5(C)[C@]4(C)S3)S[C@]12C. The third-order valence-electron chi connectivity index (χ3n) is 10.2. The molecule has 0 nitrogen and oxygen atoms in total. The molecule has 8 aliphatic rings. The minimum atomic E-state index is -0.0219. The van der Waals surface area contributed by atoms with Gasteiger partial charge in [0.25, 0.3) is 0 Å². The monoisotopic (exact) mass is 586 g/mol. The number of fused-ring (bicyclic) bond motifs is 8. The van der Waals surface area contributed by atoms with Crippen molar-refractivity contribution in [2.45, 2.75) is 85.2 Å². The van der Waals surface area contributed by atoms with E-state index in [4.69, 9.17) is 23.2 Å². The van der Waals surface area contributed by atoms with Crippen molar-refractivity contribution in [1.82, 2.24) is 0 Å². The Bertz CT molecular complexity index is 1350. The number of hydrogen-bond donors (Lipinski definition) is 0. The second-order valence-corrected chi connectivity index (χ2v) is 18.8. The number of hydrogen-bond acceptors (Lipinski definition) is 4. The van der Waals surface area contributed by atoms with Gasteiger partial charge >= 0.3 is 0 Å². The van der Waals surface area contributed by atoms with Crippen LogP contribution in [-0.4, -0.2) is 19.0 Å². The quantitative estimate of drug-likeness (QED) is 0.299. The first kappa shape index (κ1) is 23.8. The third kappa shape index (κ3) is 2.64. The lowest BCUT2D eigenvalue weighted by atomic mass is 9.72. The lowest BCUT2D eigenvalue weighted by Crippen LogP contribution is -2.47. The summed E-state index contributed by atoms with van der Waals surface area (Å²) in [6.07, 6.45) is 17.0. The van der Waals surface area contributed by atoms with Crippen LogP contribution in [0.1, 0.15) is 66.2 Å². The van der Waals surface area contributed by atoms with Gasteiger partial charge in [-0.05, 0) is 135 Å². The van der Waals surface area contributed by atoms with Crippen LogP contribution in [0, 0.1) is 0 Å². The Morgan fingerprint density at radius 2 is 0.806 bits per heavy atom. The molecule has 36 heavy (non-hydrogen) atoms. The molecule has 0 unspecified atom stereocenters. The first-order valence-electron chi connectivity index (χ1n) is 13.0. The Morgan fingerprint density at radius 1 is 0.500 bits per heavy atom. The minimum absolute atomic E-state index is 0.00860. The fraction of sp³-hybridized carbons (Fsp3) is 0.467. The van der Waals surface area contributed by atoms with Gasteiger partial charge in [0.2, 0.25) is 0 Å². The van der Waals surface area contributed by atoms with E-state index < -0.39 is 0 Å². The van der Waals surface area contributed by atoms with Gasteiger partial charge in [0.1, 0.15) is 0 Å². The largest absolute Gasteiger partial charge is 0.112 e. The second-order valence-electron chi connectivity index (χ2n) is 11.7. The van der Waals surface area contributed by atoms with Crippen molar-refractivity contribution in [3.63, 3.8) is 0 Å².